The van der Waals surface area contributed by atoms with E-state index in [1.807, 2.05) is 0 Å². The molecule has 0 N–H and O–H groups in total. The lowest BCUT2D eigenvalue weighted by molar-refractivity contribution is 0.502. The summed E-state index contributed by atoms with van der Waals surface area (Å²) in [5.74, 6) is 1.59. The predicted octanol–water partition coefficient (Wildman–Crippen LogP) is 4.31. The van der Waals surface area contributed by atoms with Crippen molar-refractivity contribution in [3.63, 3.8) is 0 Å². The molecule has 2 unspecified atom stereocenters. The quantitative estimate of drug-likeness (QED) is 0.519. The molecule has 0 amide bonds. The van der Waals surface area contributed by atoms with Crippen LogP contribution in [0.2, 0.25) is 0 Å². The third kappa shape index (κ3) is 8.21. The molecule has 0 aromatic heterocycles. The molecule has 2 nitrogen and oxygen atoms in total. The van der Waals surface area contributed by atoms with Crippen LogP contribution in [0, 0.1) is 11.8 Å². The van der Waals surface area contributed by atoms with Gasteiger partial charge in [0.25, 0.3) is 0 Å². The Hall–Kier alpha value is -0.400. The molecule has 0 aliphatic rings. The molecule has 0 heterocycles. The Morgan fingerprint density at radius 3 is 1.43 bits per heavy atom. The predicted molar refractivity (Wildman–Crippen MR) is 62.7 cm³/mol. The molecule has 0 rings (SSSR count). The highest BCUT2D eigenvalue weighted by Crippen LogP contribution is 2.07. The Morgan fingerprint density at radius 2 is 1.14 bits per heavy atom. The molecule has 0 spiro atoms. The van der Waals surface area contributed by atoms with E-state index >= 15 is 0 Å². The Balaban J connectivity index is 3.27. The summed E-state index contributed by atoms with van der Waals surface area (Å²) in [6.45, 7) is 10.8. The lowest BCUT2D eigenvalue weighted by Crippen LogP contribution is -1.96. The van der Waals surface area contributed by atoms with Gasteiger partial charge in [-0.2, -0.15) is 10.2 Å². The van der Waals surface area contributed by atoms with Crippen LogP contribution in [0.3, 0.4) is 0 Å². The van der Waals surface area contributed by atoms with Crippen molar-refractivity contribution in [3.8, 4) is 0 Å². The van der Waals surface area contributed by atoms with Crippen molar-refractivity contribution in [2.45, 2.75) is 53.4 Å². The molecule has 0 aromatic carbocycles. The van der Waals surface area contributed by atoms with E-state index in [9.17, 15) is 0 Å². The Bertz CT molecular complexity index is 127. The van der Waals surface area contributed by atoms with Gasteiger partial charge in [0.1, 0.15) is 0 Å². The van der Waals surface area contributed by atoms with Gasteiger partial charge < -0.3 is 0 Å². The van der Waals surface area contributed by atoms with Gasteiger partial charge in [0, 0.05) is 0 Å². The summed E-state index contributed by atoms with van der Waals surface area (Å²) in [6.07, 6.45) is 4.87. The number of nitrogens with zero attached hydrogens (tertiary/aromatic N) is 2. The fraction of sp³-hybridized carbons (Fsp3) is 1.00. The molecule has 0 aliphatic heterocycles. The fourth-order valence-corrected chi connectivity index (χ4v) is 1.11. The average Bonchev–Trinajstić information content (AvgIpc) is 2.22. The monoisotopic (exact) mass is 198 g/mol. The van der Waals surface area contributed by atoms with Crippen LogP contribution in [0.25, 0.3) is 0 Å². The standard InChI is InChI=1S/C12H26N2/c1-5-11(3)7-9-13-14-10-8-12(4)6-2/h11-12H,5-10H2,1-4H3. The summed E-state index contributed by atoms with van der Waals surface area (Å²) in [6, 6.07) is 0. The van der Waals surface area contributed by atoms with E-state index < -0.39 is 0 Å². The largest absolute Gasteiger partial charge is 0.194 e. The Labute approximate surface area is 89.2 Å². The van der Waals surface area contributed by atoms with E-state index in [0.717, 1.165) is 24.9 Å². The molecule has 2 heteroatoms. The lowest BCUT2D eigenvalue weighted by atomic mass is 10.1. The van der Waals surface area contributed by atoms with Gasteiger partial charge in [-0.15, -0.1) is 0 Å². The molecule has 0 saturated carbocycles. The van der Waals surface area contributed by atoms with Crippen LogP contribution in [-0.2, 0) is 0 Å². The van der Waals surface area contributed by atoms with Gasteiger partial charge in [-0.25, -0.2) is 0 Å². The maximum absolute atomic E-state index is 4.19. The first-order valence-electron chi connectivity index (χ1n) is 6.03. The highest BCUT2D eigenvalue weighted by Gasteiger charge is 1.97. The molecule has 2 atom stereocenters. The van der Waals surface area contributed by atoms with Crippen LogP contribution in [0.15, 0.2) is 10.2 Å². The van der Waals surface area contributed by atoms with E-state index in [0.29, 0.717) is 0 Å². The smallest absolute Gasteiger partial charge is 0.0601 e. The highest BCUT2D eigenvalue weighted by molar-refractivity contribution is 4.53. The summed E-state index contributed by atoms with van der Waals surface area (Å²) >= 11 is 0. The van der Waals surface area contributed by atoms with Crippen LogP contribution >= 0.6 is 0 Å². The van der Waals surface area contributed by atoms with Gasteiger partial charge in [-0.05, 0) is 24.7 Å². The second kappa shape index (κ2) is 9.17. The SMILES string of the molecule is CCC(C)CCN=NCCC(C)CC. The van der Waals surface area contributed by atoms with Crippen LogP contribution in [0.4, 0.5) is 0 Å². The minimum absolute atomic E-state index is 0.795. The maximum Gasteiger partial charge on any atom is 0.0601 e. The lowest BCUT2D eigenvalue weighted by Gasteiger charge is -2.05. The molecule has 0 aliphatic carbocycles. The van der Waals surface area contributed by atoms with Crippen molar-refractivity contribution in [1.29, 1.82) is 0 Å². The Kier molecular flexibility index (Phi) is 8.90. The van der Waals surface area contributed by atoms with Gasteiger partial charge >= 0.3 is 0 Å². The van der Waals surface area contributed by atoms with Gasteiger partial charge in [0.2, 0.25) is 0 Å². The first-order chi connectivity index (χ1) is 6.70. The van der Waals surface area contributed by atoms with Crippen molar-refractivity contribution in [2.24, 2.45) is 22.1 Å². The van der Waals surface area contributed by atoms with Crippen molar-refractivity contribution in [2.75, 3.05) is 13.1 Å². The van der Waals surface area contributed by atoms with E-state index in [2.05, 4.69) is 37.9 Å². The molecule has 84 valence electrons. The third-order valence-corrected chi connectivity index (χ3v) is 2.94. The maximum atomic E-state index is 4.19. The summed E-state index contributed by atoms with van der Waals surface area (Å²) in [7, 11) is 0. The zero-order valence-electron chi connectivity index (χ0n) is 10.3. The topological polar surface area (TPSA) is 24.7 Å². The molecule has 0 fully saturated rings. The first-order valence-corrected chi connectivity index (χ1v) is 6.03. The van der Waals surface area contributed by atoms with Gasteiger partial charge in [0.15, 0.2) is 0 Å². The molecular weight excluding hydrogens is 172 g/mol. The highest BCUT2D eigenvalue weighted by atomic mass is 15.1. The molecule has 0 saturated heterocycles. The van der Waals surface area contributed by atoms with Crippen molar-refractivity contribution < 1.29 is 0 Å². The van der Waals surface area contributed by atoms with E-state index in [1.165, 1.54) is 25.7 Å². The molecular formula is C12H26N2. The minimum atomic E-state index is 0.795. The fourth-order valence-electron chi connectivity index (χ4n) is 1.11. The Morgan fingerprint density at radius 1 is 0.786 bits per heavy atom. The van der Waals surface area contributed by atoms with Gasteiger partial charge in [-0.1, -0.05) is 40.5 Å². The second-order valence-corrected chi connectivity index (χ2v) is 4.33. The average molecular weight is 198 g/mol. The number of hydrogen-bond donors (Lipinski definition) is 0. The van der Waals surface area contributed by atoms with Crippen LogP contribution in [0.5, 0.6) is 0 Å². The van der Waals surface area contributed by atoms with E-state index in [4.69, 9.17) is 0 Å². The van der Waals surface area contributed by atoms with Crippen molar-refractivity contribution in [1.82, 2.24) is 0 Å². The summed E-state index contributed by atoms with van der Waals surface area (Å²) in [5.41, 5.74) is 0. The normalized spacial score (nSPS) is 16.0. The van der Waals surface area contributed by atoms with Crippen LogP contribution < -0.4 is 0 Å². The van der Waals surface area contributed by atoms with E-state index in [1.54, 1.807) is 0 Å². The van der Waals surface area contributed by atoms with Crippen LogP contribution in [-0.4, -0.2) is 13.1 Å². The number of hydrogen-bond acceptors (Lipinski definition) is 2. The van der Waals surface area contributed by atoms with E-state index in [-0.39, 0.29) is 0 Å². The van der Waals surface area contributed by atoms with Gasteiger partial charge in [-0.3, -0.25) is 0 Å². The molecule has 0 aromatic rings. The summed E-state index contributed by atoms with van der Waals surface area (Å²) in [4.78, 5) is 0. The summed E-state index contributed by atoms with van der Waals surface area (Å²) < 4.78 is 0. The number of rotatable bonds is 8. The zero-order chi connectivity index (χ0) is 10.8. The third-order valence-electron chi connectivity index (χ3n) is 2.94. The zero-order valence-corrected chi connectivity index (χ0v) is 10.3. The molecule has 14 heavy (non-hydrogen) atoms. The number of azo groups is 1. The van der Waals surface area contributed by atoms with Crippen LogP contribution in [0.1, 0.15) is 53.4 Å². The van der Waals surface area contributed by atoms with Crippen molar-refractivity contribution >= 4 is 0 Å². The first kappa shape index (κ1) is 13.6. The minimum Gasteiger partial charge on any atom is -0.194 e. The summed E-state index contributed by atoms with van der Waals surface area (Å²) in [5, 5.41) is 8.38. The molecule has 0 bridgehead atoms. The van der Waals surface area contributed by atoms with Gasteiger partial charge in [0.05, 0.1) is 13.1 Å². The van der Waals surface area contributed by atoms with Crippen molar-refractivity contribution in [3.05, 3.63) is 0 Å². The second-order valence-electron chi connectivity index (χ2n) is 4.33. The molecule has 0 radical (unpaired) electrons.